The topological polar surface area (TPSA) is 100 Å². The first kappa shape index (κ1) is 31.2. The lowest BCUT2D eigenvalue weighted by Gasteiger charge is -2.18. The van der Waals surface area contributed by atoms with Gasteiger partial charge in [0.1, 0.15) is 52.9 Å². The van der Waals surface area contributed by atoms with E-state index in [0.717, 1.165) is 47.3 Å². The molecule has 0 amide bonds. The summed E-state index contributed by atoms with van der Waals surface area (Å²) in [5.41, 5.74) is 4.66. The van der Waals surface area contributed by atoms with Gasteiger partial charge in [-0.3, -0.25) is 0 Å². The van der Waals surface area contributed by atoms with E-state index >= 15 is 0 Å². The highest BCUT2D eigenvalue weighted by atomic mass is 16.5. The van der Waals surface area contributed by atoms with E-state index in [0.29, 0.717) is 54.9 Å². The fraction of sp³-hybridized carbons (Fsp3) is 0.243. The number of oxazole rings is 1. The quantitative estimate of drug-likeness (QED) is 0.111. The van der Waals surface area contributed by atoms with Crippen LogP contribution in [0.15, 0.2) is 102 Å². The molecule has 8 nitrogen and oxygen atoms in total. The van der Waals surface area contributed by atoms with Gasteiger partial charge in [0.2, 0.25) is 0 Å². The third-order valence-electron chi connectivity index (χ3n) is 7.22. The molecule has 1 heterocycles. The molecule has 5 rings (SSSR count). The van der Waals surface area contributed by atoms with E-state index in [2.05, 4.69) is 24.9 Å². The molecule has 0 bridgehead atoms. The zero-order valence-electron chi connectivity index (χ0n) is 25.5. The van der Waals surface area contributed by atoms with Gasteiger partial charge in [0.05, 0.1) is 13.2 Å². The van der Waals surface area contributed by atoms with Gasteiger partial charge < -0.3 is 28.5 Å². The van der Waals surface area contributed by atoms with Crippen molar-refractivity contribution in [2.45, 2.75) is 46.1 Å². The van der Waals surface area contributed by atoms with Crippen LogP contribution in [0.3, 0.4) is 0 Å². The maximum Gasteiger partial charge on any atom is 0.339 e. The first-order chi connectivity index (χ1) is 22.1. The Labute approximate surface area is 263 Å². The molecule has 0 saturated carbocycles. The Morgan fingerprint density at radius 1 is 0.800 bits per heavy atom. The molecule has 0 spiro atoms. The van der Waals surface area contributed by atoms with Crippen molar-refractivity contribution in [2.24, 2.45) is 0 Å². The lowest BCUT2D eigenvalue weighted by atomic mass is 10.0. The molecule has 0 radical (unpaired) electrons. The van der Waals surface area contributed by atoms with Crippen LogP contribution in [0.25, 0.3) is 11.3 Å². The zero-order chi connectivity index (χ0) is 31.4. The minimum Gasteiger partial charge on any atom is -0.493 e. The smallest absolute Gasteiger partial charge is 0.339 e. The van der Waals surface area contributed by atoms with Crippen LogP contribution in [0.5, 0.6) is 28.7 Å². The van der Waals surface area contributed by atoms with Crippen molar-refractivity contribution in [1.29, 1.82) is 0 Å². The number of hydrogen-bond acceptors (Lipinski definition) is 7. The number of carbonyl (C=O) groups is 1. The van der Waals surface area contributed by atoms with Gasteiger partial charge in [0.25, 0.3) is 0 Å². The maximum atomic E-state index is 11.7. The Morgan fingerprint density at radius 3 is 2.27 bits per heavy atom. The van der Waals surface area contributed by atoms with Crippen molar-refractivity contribution in [3.05, 3.63) is 120 Å². The third-order valence-corrected chi connectivity index (χ3v) is 7.22. The molecule has 0 aliphatic rings. The summed E-state index contributed by atoms with van der Waals surface area (Å²) in [5.74, 6) is 1.98. The van der Waals surface area contributed by atoms with Crippen LogP contribution in [0.2, 0.25) is 0 Å². The Morgan fingerprint density at radius 2 is 1.53 bits per heavy atom. The summed E-state index contributed by atoms with van der Waals surface area (Å²) in [5, 5.41) is 9.57. The molecule has 232 valence electrons. The molecule has 0 saturated heterocycles. The molecule has 5 aromatic rings. The largest absolute Gasteiger partial charge is 0.493 e. The molecule has 8 heteroatoms. The van der Waals surface area contributed by atoms with Crippen LogP contribution in [0, 0.1) is 0 Å². The van der Waals surface area contributed by atoms with E-state index in [1.807, 2.05) is 54.6 Å². The first-order valence-corrected chi connectivity index (χ1v) is 15.2. The second kappa shape index (κ2) is 15.5. The molecule has 0 aliphatic heterocycles. The number of carboxylic acid groups (broad SMARTS) is 1. The van der Waals surface area contributed by atoms with Crippen molar-refractivity contribution in [3.63, 3.8) is 0 Å². The number of nitrogens with zero attached hydrogens (tertiary/aromatic N) is 1. The summed E-state index contributed by atoms with van der Waals surface area (Å²) < 4.78 is 30.1. The Kier molecular flexibility index (Phi) is 10.7. The van der Waals surface area contributed by atoms with Crippen molar-refractivity contribution >= 4 is 5.97 Å². The Bertz CT molecular complexity index is 1680. The monoisotopic (exact) mass is 607 g/mol. The lowest BCUT2D eigenvalue weighted by Crippen LogP contribution is -2.08. The number of ether oxygens (including phenoxy) is 4. The normalized spacial score (nSPS) is 10.8. The van der Waals surface area contributed by atoms with E-state index in [4.69, 9.17) is 23.4 Å². The molecule has 1 N–H and O–H groups in total. The number of hydrogen-bond donors (Lipinski definition) is 1. The maximum absolute atomic E-state index is 11.7. The standard InChI is InChI=1S/C37H37NO7/c1-3-12-28-32(17-10-18-33(28)45-34-16-9-8-15-29(34)37(39)40)42-19-11-20-43-35-22-36(44-23-26-13-6-5-7-14-26)30(21-27(35)4-2)31-24-41-25-38-31/h5-10,13-18,21-22,24-25H,3-4,11-12,19-20,23H2,1-2H3,(H,39,40). The molecule has 0 atom stereocenters. The average molecular weight is 608 g/mol. The summed E-state index contributed by atoms with van der Waals surface area (Å²) in [6.07, 6.45) is 6.04. The summed E-state index contributed by atoms with van der Waals surface area (Å²) >= 11 is 0. The number of para-hydroxylation sites is 1. The van der Waals surface area contributed by atoms with Crippen molar-refractivity contribution in [3.8, 4) is 40.0 Å². The highest BCUT2D eigenvalue weighted by Gasteiger charge is 2.17. The van der Waals surface area contributed by atoms with Crippen LogP contribution in [0.1, 0.15) is 53.7 Å². The number of benzene rings is 4. The molecule has 1 aromatic heterocycles. The summed E-state index contributed by atoms with van der Waals surface area (Å²) in [4.78, 5) is 16.0. The van der Waals surface area contributed by atoms with Gasteiger partial charge in [-0.15, -0.1) is 0 Å². The van der Waals surface area contributed by atoms with Gasteiger partial charge in [-0.25, -0.2) is 9.78 Å². The molecule has 0 fully saturated rings. The number of carboxylic acids is 1. The molecule has 0 unspecified atom stereocenters. The third kappa shape index (κ3) is 8.03. The molecule has 45 heavy (non-hydrogen) atoms. The van der Waals surface area contributed by atoms with Gasteiger partial charge in [-0.1, -0.05) is 68.8 Å². The van der Waals surface area contributed by atoms with E-state index in [1.54, 1.807) is 24.5 Å². The van der Waals surface area contributed by atoms with Crippen LogP contribution < -0.4 is 18.9 Å². The summed E-state index contributed by atoms with van der Waals surface area (Å²) in [6, 6.07) is 26.2. The van der Waals surface area contributed by atoms with Crippen molar-refractivity contribution in [1.82, 2.24) is 4.98 Å². The van der Waals surface area contributed by atoms with E-state index in [-0.39, 0.29) is 5.56 Å². The first-order valence-electron chi connectivity index (χ1n) is 15.2. The number of aromatic carboxylic acids is 1. The van der Waals surface area contributed by atoms with E-state index < -0.39 is 5.97 Å². The summed E-state index contributed by atoms with van der Waals surface area (Å²) in [6.45, 7) is 5.45. The molecular formula is C37H37NO7. The van der Waals surface area contributed by atoms with Crippen LogP contribution in [-0.2, 0) is 19.4 Å². The lowest BCUT2D eigenvalue weighted by molar-refractivity contribution is 0.0694. The molecule has 0 aliphatic carbocycles. The van der Waals surface area contributed by atoms with E-state index in [9.17, 15) is 9.90 Å². The zero-order valence-corrected chi connectivity index (χ0v) is 25.5. The van der Waals surface area contributed by atoms with Gasteiger partial charge >= 0.3 is 5.97 Å². The average Bonchev–Trinajstić information content (AvgIpc) is 3.60. The number of rotatable bonds is 16. The fourth-order valence-corrected chi connectivity index (χ4v) is 4.96. The van der Waals surface area contributed by atoms with Crippen molar-refractivity contribution < 1.29 is 33.3 Å². The predicted octanol–water partition coefficient (Wildman–Crippen LogP) is 8.77. The van der Waals surface area contributed by atoms with Gasteiger partial charge in [-0.2, -0.15) is 0 Å². The van der Waals surface area contributed by atoms with Gasteiger partial charge in [-0.05, 0) is 54.3 Å². The Hall–Kier alpha value is -5.24. The number of aromatic nitrogens is 1. The van der Waals surface area contributed by atoms with Crippen LogP contribution in [0.4, 0.5) is 0 Å². The predicted molar refractivity (Wildman–Crippen MR) is 172 cm³/mol. The van der Waals surface area contributed by atoms with Gasteiger partial charge in [0.15, 0.2) is 6.39 Å². The Balaban J connectivity index is 1.25. The molecular weight excluding hydrogens is 570 g/mol. The van der Waals surface area contributed by atoms with E-state index in [1.165, 1.54) is 12.5 Å². The van der Waals surface area contributed by atoms with Gasteiger partial charge in [0, 0.05) is 23.6 Å². The molecule has 4 aromatic carbocycles. The second-order valence-corrected chi connectivity index (χ2v) is 10.4. The van der Waals surface area contributed by atoms with Crippen LogP contribution in [-0.4, -0.2) is 29.3 Å². The fourth-order valence-electron chi connectivity index (χ4n) is 4.96. The number of aryl methyl sites for hydroxylation is 1. The summed E-state index contributed by atoms with van der Waals surface area (Å²) in [7, 11) is 0. The minimum absolute atomic E-state index is 0.109. The van der Waals surface area contributed by atoms with Crippen molar-refractivity contribution in [2.75, 3.05) is 13.2 Å². The second-order valence-electron chi connectivity index (χ2n) is 10.4. The highest BCUT2D eigenvalue weighted by Crippen LogP contribution is 2.37. The highest BCUT2D eigenvalue weighted by molar-refractivity contribution is 5.91. The van der Waals surface area contributed by atoms with Crippen LogP contribution >= 0.6 is 0 Å². The minimum atomic E-state index is -1.04. The SMILES string of the molecule is CCCc1c(OCCCOc2cc(OCc3ccccc3)c(-c3cocn3)cc2CC)cccc1Oc1ccccc1C(=O)O.